The van der Waals surface area contributed by atoms with Crippen LogP contribution in [0.25, 0.3) is 0 Å². The summed E-state index contributed by atoms with van der Waals surface area (Å²) in [5.41, 5.74) is 0.0108. The molecule has 0 unspecified atom stereocenters. The fraction of sp³-hybridized carbons (Fsp3) is 0.308. The van der Waals surface area contributed by atoms with Crippen LogP contribution >= 0.6 is 0 Å². The zero-order valence-electron chi connectivity index (χ0n) is 11.4. The molecule has 1 saturated heterocycles. The predicted molar refractivity (Wildman–Crippen MR) is 73.3 cm³/mol. The van der Waals surface area contributed by atoms with Crippen molar-refractivity contribution in [1.82, 2.24) is 9.80 Å². The number of carbonyl (C=O) groups excluding carboxylic acids is 2. The predicted octanol–water partition coefficient (Wildman–Crippen LogP) is 0.396. The number of hydrogen-bond donors (Lipinski definition) is 3. The van der Waals surface area contributed by atoms with E-state index in [-0.39, 0.29) is 23.7 Å². The molecule has 0 spiro atoms. The topological polar surface area (TPSA) is 110 Å². The summed E-state index contributed by atoms with van der Waals surface area (Å²) in [5.74, 6) is -1.84. The normalized spacial score (nSPS) is 15.0. The summed E-state index contributed by atoms with van der Waals surface area (Å²) < 4.78 is 0. The quantitative estimate of drug-likeness (QED) is 0.731. The number of phenols is 1. The maximum atomic E-state index is 12.0. The van der Waals surface area contributed by atoms with Gasteiger partial charge in [0.1, 0.15) is 17.9 Å². The van der Waals surface area contributed by atoms with Gasteiger partial charge in [-0.2, -0.15) is 0 Å². The Morgan fingerprint density at radius 2 is 2.00 bits per heavy atom. The van der Waals surface area contributed by atoms with Gasteiger partial charge in [-0.15, -0.1) is 0 Å². The SMILES string of the molecule is CN1CCN(C(=O)Nc2ccc(C(=O)O)c(O)c2)CC1=O. The van der Waals surface area contributed by atoms with Crippen LogP contribution in [-0.2, 0) is 4.79 Å². The van der Waals surface area contributed by atoms with Crippen molar-refractivity contribution in [3.05, 3.63) is 23.8 Å². The van der Waals surface area contributed by atoms with Crippen LogP contribution < -0.4 is 5.32 Å². The van der Waals surface area contributed by atoms with Gasteiger partial charge >= 0.3 is 12.0 Å². The highest BCUT2D eigenvalue weighted by Gasteiger charge is 2.25. The third-order valence-corrected chi connectivity index (χ3v) is 3.22. The number of aromatic hydroxyl groups is 1. The molecule has 1 aliphatic heterocycles. The first kappa shape index (κ1) is 14.6. The third kappa shape index (κ3) is 3.22. The van der Waals surface area contributed by atoms with Crippen molar-refractivity contribution in [1.29, 1.82) is 0 Å². The lowest BCUT2D eigenvalue weighted by atomic mass is 10.2. The van der Waals surface area contributed by atoms with Gasteiger partial charge < -0.3 is 25.3 Å². The summed E-state index contributed by atoms with van der Waals surface area (Å²) in [4.78, 5) is 37.2. The molecule has 112 valence electrons. The molecule has 0 saturated carbocycles. The Hall–Kier alpha value is -2.77. The van der Waals surface area contributed by atoms with Gasteiger partial charge in [0.2, 0.25) is 5.91 Å². The molecule has 0 aliphatic carbocycles. The first-order valence-corrected chi connectivity index (χ1v) is 6.24. The molecule has 0 radical (unpaired) electrons. The largest absolute Gasteiger partial charge is 0.507 e. The van der Waals surface area contributed by atoms with Gasteiger partial charge in [-0.1, -0.05) is 0 Å². The highest BCUT2D eigenvalue weighted by atomic mass is 16.4. The van der Waals surface area contributed by atoms with Crippen LogP contribution in [-0.4, -0.2) is 64.6 Å². The first-order chi connectivity index (χ1) is 9.88. The van der Waals surface area contributed by atoms with Crippen LogP contribution in [0.1, 0.15) is 10.4 Å². The zero-order chi connectivity index (χ0) is 15.6. The van der Waals surface area contributed by atoms with Crippen molar-refractivity contribution in [2.24, 2.45) is 0 Å². The number of carboxylic acids is 1. The Morgan fingerprint density at radius 3 is 2.57 bits per heavy atom. The number of piperazine rings is 1. The highest BCUT2D eigenvalue weighted by Crippen LogP contribution is 2.22. The minimum atomic E-state index is -1.25. The van der Waals surface area contributed by atoms with Crippen molar-refractivity contribution >= 4 is 23.6 Å². The molecule has 8 nitrogen and oxygen atoms in total. The van der Waals surface area contributed by atoms with Gasteiger partial charge in [0.05, 0.1) is 0 Å². The second-order valence-electron chi connectivity index (χ2n) is 4.70. The summed E-state index contributed by atoms with van der Waals surface area (Å²) in [7, 11) is 1.67. The number of rotatable bonds is 2. The first-order valence-electron chi connectivity index (χ1n) is 6.24. The lowest BCUT2D eigenvalue weighted by molar-refractivity contribution is -0.133. The molecule has 1 aliphatic rings. The van der Waals surface area contributed by atoms with Crippen LogP contribution in [0, 0.1) is 0 Å². The third-order valence-electron chi connectivity index (χ3n) is 3.22. The number of carbonyl (C=O) groups is 3. The molecule has 3 N–H and O–H groups in total. The number of nitrogens with zero attached hydrogens (tertiary/aromatic N) is 2. The number of urea groups is 1. The van der Waals surface area contributed by atoms with Crippen LogP contribution in [0.4, 0.5) is 10.5 Å². The van der Waals surface area contributed by atoms with Gasteiger partial charge in [0.15, 0.2) is 0 Å². The maximum absolute atomic E-state index is 12.0. The van der Waals surface area contributed by atoms with E-state index in [1.54, 1.807) is 7.05 Å². The van der Waals surface area contributed by atoms with Crippen LogP contribution in [0.15, 0.2) is 18.2 Å². The Morgan fingerprint density at radius 1 is 1.29 bits per heavy atom. The van der Waals surface area contributed by atoms with E-state index in [0.717, 1.165) is 6.07 Å². The molecule has 1 aromatic rings. The molecule has 0 atom stereocenters. The Labute approximate surface area is 120 Å². The monoisotopic (exact) mass is 293 g/mol. The summed E-state index contributed by atoms with van der Waals surface area (Å²) in [5, 5.41) is 20.9. The number of likely N-dealkylation sites (N-methyl/N-ethyl adjacent to an activating group) is 1. The Bertz CT molecular complexity index is 601. The number of benzene rings is 1. The molecule has 1 heterocycles. The average molecular weight is 293 g/mol. The lowest BCUT2D eigenvalue weighted by Gasteiger charge is -2.31. The second kappa shape index (κ2) is 5.70. The van der Waals surface area contributed by atoms with Crippen molar-refractivity contribution in [2.45, 2.75) is 0 Å². The van der Waals surface area contributed by atoms with Gasteiger partial charge in [0.25, 0.3) is 0 Å². The van der Waals surface area contributed by atoms with Crippen LogP contribution in [0.3, 0.4) is 0 Å². The molecule has 0 bridgehead atoms. The van der Waals surface area contributed by atoms with Crippen molar-refractivity contribution in [3.8, 4) is 5.75 Å². The average Bonchev–Trinajstić information content (AvgIpc) is 2.41. The number of anilines is 1. The number of amides is 3. The molecule has 8 heteroatoms. The standard InChI is InChI=1S/C13H15N3O5/c1-15-4-5-16(7-11(15)18)13(21)14-8-2-3-9(12(19)20)10(17)6-8/h2-3,6,17H,4-5,7H2,1H3,(H,14,21)(H,19,20). The number of carboxylic acid groups (broad SMARTS) is 1. The molecule has 1 fully saturated rings. The van der Waals surface area contributed by atoms with E-state index in [2.05, 4.69) is 5.32 Å². The lowest BCUT2D eigenvalue weighted by Crippen LogP contribution is -2.51. The van der Waals surface area contributed by atoms with E-state index in [1.807, 2.05) is 0 Å². The molecule has 2 rings (SSSR count). The van der Waals surface area contributed by atoms with E-state index in [9.17, 15) is 19.5 Å². The Kier molecular flexibility index (Phi) is 3.97. The fourth-order valence-electron chi connectivity index (χ4n) is 1.92. The van der Waals surface area contributed by atoms with Gasteiger partial charge in [-0.05, 0) is 12.1 Å². The summed E-state index contributed by atoms with van der Waals surface area (Å²) >= 11 is 0. The van der Waals surface area contributed by atoms with Crippen molar-refractivity contribution < 1.29 is 24.6 Å². The molecule has 21 heavy (non-hydrogen) atoms. The van der Waals surface area contributed by atoms with Crippen molar-refractivity contribution in [2.75, 3.05) is 32.0 Å². The van der Waals surface area contributed by atoms with Gasteiger partial charge in [-0.25, -0.2) is 9.59 Å². The number of nitrogens with one attached hydrogen (secondary N) is 1. The van der Waals surface area contributed by atoms with Gasteiger partial charge in [-0.3, -0.25) is 4.79 Å². The van der Waals surface area contributed by atoms with Crippen LogP contribution in [0.2, 0.25) is 0 Å². The van der Waals surface area contributed by atoms with Crippen LogP contribution in [0.5, 0.6) is 5.75 Å². The maximum Gasteiger partial charge on any atom is 0.339 e. The van der Waals surface area contributed by atoms with E-state index in [4.69, 9.17) is 5.11 Å². The van der Waals surface area contributed by atoms with E-state index in [0.29, 0.717) is 13.1 Å². The highest BCUT2D eigenvalue weighted by molar-refractivity contribution is 5.95. The summed E-state index contributed by atoms with van der Waals surface area (Å²) in [6.45, 7) is 0.851. The minimum absolute atomic E-state index is 0.0124. The summed E-state index contributed by atoms with van der Waals surface area (Å²) in [6.07, 6.45) is 0. The van der Waals surface area contributed by atoms with E-state index in [1.165, 1.54) is 21.9 Å². The van der Waals surface area contributed by atoms with Crippen molar-refractivity contribution in [3.63, 3.8) is 0 Å². The molecular formula is C13H15N3O5. The second-order valence-corrected chi connectivity index (χ2v) is 4.70. The minimum Gasteiger partial charge on any atom is -0.507 e. The fourth-order valence-corrected chi connectivity index (χ4v) is 1.92. The van der Waals surface area contributed by atoms with E-state index < -0.39 is 17.7 Å². The molecule has 1 aromatic carbocycles. The van der Waals surface area contributed by atoms with E-state index >= 15 is 0 Å². The number of aromatic carboxylic acids is 1. The smallest absolute Gasteiger partial charge is 0.339 e. The summed E-state index contributed by atoms with van der Waals surface area (Å²) in [6, 6.07) is 3.25. The molecule has 3 amide bonds. The molecular weight excluding hydrogens is 278 g/mol. The Balaban J connectivity index is 2.05. The molecule has 0 aromatic heterocycles. The van der Waals surface area contributed by atoms with Gasteiger partial charge in [0, 0.05) is 31.9 Å². The number of hydrogen-bond acceptors (Lipinski definition) is 4. The zero-order valence-corrected chi connectivity index (χ0v) is 11.4.